The molecule has 1 aromatic carbocycles. The number of benzene rings is 1. The van der Waals surface area contributed by atoms with Crippen LogP contribution in [0.2, 0.25) is 0 Å². The maximum Gasteiger partial charge on any atom is 0.420 e. The minimum Gasteiger partial charge on any atom is -0.485 e. The fourth-order valence-electron chi connectivity index (χ4n) is 2.54. The maximum absolute atomic E-state index is 12.7. The number of halogens is 1. The number of rotatable bonds is 7. The Bertz CT molecular complexity index is 1070. The van der Waals surface area contributed by atoms with Crippen molar-refractivity contribution in [3.8, 4) is 5.75 Å². The van der Waals surface area contributed by atoms with E-state index in [9.17, 15) is 9.18 Å². The fourth-order valence-corrected chi connectivity index (χ4v) is 3.33. The summed E-state index contributed by atoms with van der Waals surface area (Å²) >= 11 is 1.31. The molecule has 0 saturated heterocycles. The molecule has 4 rings (SSSR count). The first-order valence-corrected chi connectivity index (χ1v) is 9.48. The minimum absolute atomic E-state index is 0.256. The number of aromatic nitrogens is 2. The number of alkyl halides is 1. The van der Waals surface area contributed by atoms with Crippen LogP contribution in [-0.4, -0.2) is 47.2 Å². The van der Waals surface area contributed by atoms with Gasteiger partial charge in [-0.05, 0) is 24.3 Å². The van der Waals surface area contributed by atoms with Crippen molar-refractivity contribution in [1.82, 2.24) is 9.97 Å². The average molecular weight is 417 g/mol. The summed E-state index contributed by atoms with van der Waals surface area (Å²) in [7, 11) is 0. The molecule has 0 spiro atoms. The smallest absolute Gasteiger partial charge is 0.420 e. The van der Waals surface area contributed by atoms with Gasteiger partial charge in [-0.25, -0.2) is 24.1 Å². The quantitative estimate of drug-likeness (QED) is 0.627. The number of aliphatic hydroxyl groups is 1. The van der Waals surface area contributed by atoms with Crippen molar-refractivity contribution in [2.75, 3.05) is 24.8 Å². The zero-order valence-electron chi connectivity index (χ0n) is 15.0. The van der Waals surface area contributed by atoms with E-state index in [-0.39, 0.29) is 6.61 Å². The maximum atomic E-state index is 12.7. The van der Waals surface area contributed by atoms with Gasteiger partial charge in [-0.15, -0.1) is 0 Å². The zero-order valence-corrected chi connectivity index (χ0v) is 15.8. The Balaban J connectivity index is 1.49. The van der Waals surface area contributed by atoms with Gasteiger partial charge in [0.05, 0.1) is 6.61 Å². The molecule has 1 N–H and O–H groups in total. The molecule has 3 heterocycles. The molecule has 150 valence electrons. The van der Waals surface area contributed by atoms with E-state index in [0.717, 1.165) is 4.88 Å². The van der Waals surface area contributed by atoms with E-state index in [1.54, 1.807) is 48.8 Å². The summed E-state index contributed by atoms with van der Waals surface area (Å²) in [6.45, 7) is -0.951. The summed E-state index contributed by atoms with van der Waals surface area (Å²) in [6, 6.07) is 4.92. The molecule has 0 bridgehead atoms. The molecular weight excluding hydrogens is 401 g/mol. The first-order valence-electron chi connectivity index (χ1n) is 8.67. The van der Waals surface area contributed by atoms with Crippen LogP contribution in [0, 0.1) is 0 Å². The minimum atomic E-state index is -0.915. The van der Waals surface area contributed by atoms with Gasteiger partial charge >= 0.3 is 6.09 Å². The SMILES string of the molecule is O=C1OCC=CN1c1ncc(/C=C/c2nc3ccc(OC(CO)CF)cc3o2)s1. The molecule has 0 radical (unpaired) electrons. The molecule has 3 aromatic rings. The number of hydrogen-bond donors (Lipinski definition) is 1. The number of nitrogens with zero attached hydrogens (tertiary/aromatic N) is 3. The van der Waals surface area contributed by atoms with Crippen molar-refractivity contribution < 1.29 is 28.2 Å². The van der Waals surface area contributed by atoms with E-state index in [1.165, 1.54) is 16.2 Å². The number of thiazole rings is 1. The van der Waals surface area contributed by atoms with Gasteiger partial charge < -0.3 is 19.0 Å². The lowest BCUT2D eigenvalue weighted by Crippen LogP contribution is -2.29. The van der Waals surface area contributed by atoms with E-state index in [1.807, 2.05) is 0 Å². The van der Waals surface area contributed by atoms with Crippen molar-refractivity contribution in [3.05, 3.63) is 47.4 Å². The van der Waals surface area contributed by atoms with Gasteiger partial charge in [0.15, 0.2) is 10.7 Å². The van der Waals surface area contributed by atoms with Gasteiger partial charge in [-0.3, -0.25) is 0 Å². The van der Waals surface area contributed by atoms with Crippen LogP contribution in [0.4, 0.5) is 14.3 Å². The predicted molar refractivity (Wildman–Crippen MR) is 105 cm³/mol. The van der Waals surface area contributed by atoms with Crippen LogP contribution >= 0.6 is 11.3 Å². The number of fused-ring (bicyclic) bond motifs is 1. The summed E-state index contributed by atoms with van der Waals surface area (Å²) in [5.74, 6) is 0.753. The molecular formula is C19H16FN3O5S. The van der Waals surface area contributed by atoms with Crippen molar-refractivity contribution >= 4 is 45.8 Å². The molecule has 10 heteroatoms. The number of amides is 1. The molecule has 1 amide bonds. The molecule has 0 saturated carbocycles. The Morgan fingerprint density at radius 3 is 3.10 bits per heavy atom. The second-order valence-electron chi connectivity index (χ2n) is 5.97. The molecule has 29 heavy (non-hydrogen) atoms. The number of ether oxygens (including phenoxy) is 2. The topological polar surface area (TPSA) is 97.9 Å². The fraction of sp³-hybridized carbons (Fsp3) is 0.211. The van der Waals surface area contributed by atoms with Crippen molar-refractivity contribution in [2.24, 2.45) is 0 Å². The Labute approximate surface area is 168 Å². The molecule has 0 aliphatic carbocycles. The van der Waals surface area contributed by atoms with Crippen LogP contribution < -0.4 is 9.64 Å². The highest BCUT2D eigenvalue weighted by Crippen LogP contribution is 2.27. The third-order valence-corrected chi connectivity index (χ3v) is 4.88. The molecule has 1 aliphatic heterocycles. The Hall–Kier alpha value is -3.24. The second-order valence-corrected chi connectivity index (χ2v) is 7.01. The zero-order chi connectivity index (χ0) is 20.2. The first kappa shape index (κ1) is 19.1. The van der Waals surface area contributed by atoms with E-state index >= 15 is 0 Å². The van der Waals surface area contributed by atoms with Gasteiger partial charge in [0, 0.05) is 29.4 Å². The highest BCUT2D eigenvalue weighted by molar-refractivity contribution is 7.16. The van der Waals surface area contributed by atoms with Gasteiger partial charge in [-0.1, -0.05) is 11.3 Å². The number of anilines is 1. The van der Waals surface area contributed by atoms with Crippen LogP contribution in [0.1, 0.15) is 10.8 Å². The number of oxazole rings is 1. The van der Waals surface area contributed by atoms with Crippen LogP contribution in [0.5, 0.6) is 5.75 Å². The number of hydrogen-bond acceptors (Lipinski definition) is 8. The van der Waals surface area contributed by atoms with E-state index < -0.39 is 25.5 Å². The lowest BCUT2D eigenvalue weighted by atomic mass is 10.3. The summed E-state index contributed by atoms with van der Waals surface area (Å²) in [4.78, 5) is 22.5. The summed E-state index contributed by atoms with van der Waals surface area (Å²) < 4.78 is 28.7. The highest BCUT2D eigenvalue weighted by Gasteiger charge is 2.20. The standard InChI is InChI=1S/C19H16FN3O5S/c20-9-13(11-24)27-12-2-4-15-16(8-12)28-17(22-15)5-3-14-10-21-18(29-14)23-6-1-7-26-19(23)25/h1-6,8,10,13,24H,7,9,11H2/b5-3+. The highest BCUT2D eigenvalue weighted by atomic mass is 32.1. The second kappa shape index (κ2) is 8.41. The van der Waals surface area contributed by atoms with E-state index in [2.05, 4.69) is 9.97 Å². The molecule has 0 fully saturated rings. The Morgan fingerprint density at radius 2 is 2.31 bits per heavy atom. The van der Waals surface area contributed by atoms with Crippen LogP contribution in [-0.2, 0) is 4.74 Å². The Morgan fingerprint density at radius 1 is 1.41 bits per heavy atom. The average Bonchev–Trinajstić information content (AvgIpc) is 3.37. The van der Waals surface area contributed by atoms with Gasteiger partial charge in [0.2, 0.25) is 5.89 Å². The Kier molecular flexibility index (Phi) is 5.54. The van der Waals surface area contributed by atoms with Gasteiger partial charge in [0.1, 0.15) is 30.7 Å². The van der Waals surface area contributed by atoms with Crippen LogP contribution in [0.25, 0.3) is 23.3 Å². The molecule has 2 aromatic heterocycles. The van der Waals surface area contributed by atoms with E-state index in [4.69, 9.17) is 19.0 Å². The predicted octanol–water partition coefficient (Wildman–Crippen LogP) is 3.63. The van der Waals surface area contributed by atoms with Crippen LogP contribution in [0.3, 0.4) is 0 Å². The number of cyclic esters (lactones) is 1. The van der Waals surface area contributed by atoms with E-state index in [0.29, 0.717) is 27.9 Å². The number of carbonyl (C=O) groups excluding carboxylic acids is 1. The molecule has 1 aliphatic rings. The first-order chi connectivity index (χ1) is 14.2. The van der Waals surface area contributed by atoms with Crippen molar-refractivity contribution in [3.63, 3.8) is 0 Å². The van der Waals surface area contributed by atoms with Gasteiger partial charge in [0.25, 0.3) is 0 Å². The third kappa shape index (κ3) is 4.28. The lowest BCUT2D eigenvalue weighted by molar-refractivity contribution is 0.0932. The largest absolute Gasteiger partial charge is 0.485 e. The molecule has 1 unspecified atom stereocenters. The summed E-state index contributed by atoms with van der Waals surface area (Å²) in [6.07, 6.45) is 7.06. The normalized spacial score (nSPS) is 15.2. The van der Waals surface area contributed by atoms with Crippen LogP contribution in [0.15, 0.2) is 41.1 Å². The van der Waals surface area contributed by atoms with Crippen molar-refractivity contribution in [2.45, 2.75) is 6.10 Å². The van der Waals surface area contributed by atoms with Crippen molar-refractivity contribution in [1.29, 1.82) is 0 Å². The summed E-state index contributed by atoms with van der Waals surface area (Å²) in [5.41, 5.74) is 1.09. The summed E-state index contributed by atoms with van der Waals surface area (Å²) in [5, 5.41) is 9.53. The number of aliphatic hydroxyl groups excluding tert-OH is 1. The third-order valence-electron chi connectivity index (χ3n) is 3.92. The van der Waals surface area contributed by atoms with Gasteiger partial charge in [-0.2, -0.15) is 0 Å². The number of carbonyl (C=O) groups is 1. The monoisotopic (exact) mass is 417 g/mol. The molecule has 8 nitrogen and oxygen atoms in total. The molecule has 1 atom stereocenters. The lowest BCUT2D eigenvalue weighted by Gasteiger charge is -2.17.